The number of rotatable bonds is 3. The zero-order valence-corrected chi connectivity index (χ0v) is 19.9. The first kappa shape index (κ1) is 10.9. The monoisotopic (exact) mass is 513 g/mol. The Bertz CT molecular complexity index is 3020. The molecule has 0 aliphatic rings. The summed E-state index contributed by atoms with van der Waals surface area (Å²) in [5, 5.41) is 0.195. The third kappa shape index (κ3) is 3.41. The molecule has 0 spiro atoms. The van der Waals surface area contributed by atoms with Gasteiger partial charge in [0.2, 0.25) is 0 Å². The van der Waals surface area contributed by atoms with Crippen LogP contribution in [-0.2, 0) is 0 Å². The summed E-state index contributed by atoms with van der Waals surface area (Å²) in [5.41, 5.74) is -0.598. The zero-order valence-electron chi connectivity index (χ0n) is 36.9. The highest BCUT2D eigenvalue weighted by Gasteiger charge is 2.20. The van der Waals surface area contributed by atoms with Crippen LogP contribution in [0.1, 0.15) is 23.3 Å². The number of furan rings is 1. The molecule has 0 aliphatic carbocycles. The molecule has 0 bridgehead atoms. The minimum absolute atomic E-state index is 0.0103. The van der Waals surface area contributed by atoms with Crippen molar-refractivity contribution < 1.29 is 27.7 Å². The van der Waals surface area contributed by atoms with Crippen LogP contribution in [0.4, 0.5) is 0 Å². The highest BCUT2D eigenvalue weighted by Crippen LogP contribution is 2.46. The van der Waals surface area contributed by atoms with E-state index in [2.05, 4.69) is 0 Å². The highest BCUT2D eigenvalue weighted by atomic mass is 16.3. The topological polar surface area (TPSA) is 13.1 Å². The average Bonchev–Trinajstić information content (AvgIpc) is 3.55. The summed E-state index contributed by atoms with van der Waals surface area (Å²) in [6.45, 7) is 0. The lowest BCUT2D eigenvalue weighted by Gasteiger charge is -2.18. The fourth-order valence-corrected chi connectivity index (χ4v) is 5.06. The molecule has 1 aromatic heterocycles. The third-order valence-corrected chi connectivity index (χ3v) is 6.71. The molecule has 8 aromatic rings. The van der Waals surface area contributed by atoms with Crippen molar-refractivity contribution in [3.8, 4) is 33.4 Å². The van der Waals surface area contributed by atoms with E-state index in [-0.39, 0.29) is 131 Å². The molecule has 7 aromatic carbocycles. The van der Waals surface area contributed by atoms with E-state index in [1.807, 2.05) is 0 Å². The van der Waals surface area contributed by atoms with E-state index < -0.39 is 48.3 Å². The molecular weight excluding hydrogens is 472 g/mol. The Morgan fingerprint density at radius 3 is 1.77 bits per heavy atom. The first-order valence-corrected chi connectivity index (χ1v) is 11.9. The van der Waals surface area contributed by atoms with Crippen LogP contribution in [0.2, 0.25) is 0 Å². The lowest BCUT2D eigenvalue weighted by atomic mass is 9.85. The van der Waals surface area contributed by atoms with Crippen LogP contribution in [0.3, 0.4) is 0 Å². The molecule has 182 valence electrons. The van der Waals surface area contributed by atoms with Crippen molar-refractivity contribution in [1.82, 2.24) is 0 Å². The Hall–Kier alpha value is -5.14. The van der Waals surface area contributed by atoms with Gasteiger partial charge < -0.3 is 4.42 Å². The van der Waals surface area contributed by atoms with Crippen LogP contribution in [0, 0.1) is 0 Å². The molecule has 0 aliphatic heterocycles. The Kier molecular flexibility index (Phi) is 2.44. The largest absolute Gasteiger partial charge is 0.455 e. The number of hydrogen-bond donors (Lipinski definition) is 0. The van der Waals surface area contributed by atoms with Crippen LogP contribution in [0.15, 0.2) is 150 Å². The van der Waals surface area contributed by atoms with Gasteiger partial charge in [-0.2, -0.15) is 0 Å². The summed E-state index contributed by atoms with van der Waals surface area (Å²) in [4.78, 5) is 0. The van der Waals surface area contributed by atoms with Gasteiger partial charge in [-0.25, -0.2) is 0 Å². The molecule has 1 heteroatoms. The first-order valence-electron chi connectivity index (χ1n) is 20.4. The van der Waals surface area contributed by atoms with Crippen LogP contribution >= 0.6 is 0 Å². The summed E-state index contributed by atoms with van der Waals surface area (Å²) in [6, 6.07) is 1.59. The van der Waals surface area contributed by atoms with Gasteiger partial charge in [0.15, 0.2) is 0 Å². The molecule has 0 saturated heterocycles. The minimum Gasteiger partial charge on any atom is -0.455 e. The first-order chi connectivity index (χ1) is 26.3. The molecular formula is C38H24O. The molecule has 0 unspecified atom stereocenters. The Labute approximate surface area is 250 Å². The Morgan fingerprint density at radius 1 is 0.410 bits per heavy atom. The maximum atomic E-state index is 9.45. The van der Waals surface area contributed by atoms with Crippen molar-refractivity contribution in [2.75, 3.05) is 0 Å². The van der Waals surface area contributed by atoms with Gasteiger partial charge in [0, 0.05) is 21.9 Å². The van der Waals surface area contributed by atoms with E-state index in [0.717, 1.165) is 0 Å². The van der Waals surface area contributed by atoms with Crippen LogP contribution in [-0.4, -0.2) is 0 Å². The van der Waals surface area contributed by atoms with Crippen molar-refractivity contribution in [1.29, 1.82) is 0 Å². The average molecular weight is 514 g/mol. The van der Waals surface area contributed by atoms with Gasteiger partial charge in [0.05, 0.1) is 23.3 Å². The Morgan fingerprint density at radius 2 is 1.03 bits per heavy atom. The molecule has 0 saturated carbocycles. The summed E-state index contributed by atoms with van der Waals surface area (Å²) in [5.74, 6) is 0. The molecule has 0 radical (unpaired) electrons. The van der Waals surface area contributed by atoms with Crippen LogP contribution in [0.25, 0.3) is 76.9 Å². The smallest absolute Gasteiger partial charge is 0.143 e. The van der Waals surface area contributed by atoms with Gasteiger partial charge in [0.1, 0.15) is 11.2 Å². The number of hydrogen-bond acceptors (Lipinski definition) is 1. The third-order valence-electron chi connectivity index (χ3n) is 6.71. The highest BCUT2D eigenvalue weighted by molar-refractivity contribution is 6.24. The summed E-state index contributed by atoms with van der Waals surface area (Å²) in [7, 11) is 0. The van der Waals surface area contributed by atoms with Crippen LogP contribution in [0.5, 0.6) is 0 Å². The van der Waals surface area contributed by atoms with Gasteiger partial charge >= 0.3 is 0 Å². The normalized spacial score (nSPS) is 17.7. The van der Waals surface area contributed by atoms with E-state index in [4.69, 9.17) is 25.0 Å². The molecule has 0 fully saturated rings. The van der Waals surface area contributed by atoms with E-state index in [0.29, 0.717) is 0 Å². The Balaban J connectivity index is 1.62. The number of fused-ring (bicyclic) bond motifs is 5. The predicted octanol–water partition coefficient (Wildman–Crippen LogP) is 10.9. The van der Waals surface area contributed by atoms with Gasteiger partial charge in [-0.15, -0.1) is 0 Å². The fourth-order valence-electron chi connectivity index (χ4n) is 5.06. The second-order valence-electron chi connectivity index (χ2n) is 8.80. The maximum absolute atomic E-state index is 9.45. The number of benzene rings is 7. The van der Waals surface area contributed by atoms with E-state index in [1.165, 1.54) is 42.5 Å². The quantitative estimate of drug-likeness (QED) is 0.214. The van der Waals surface area contributed by atoms with E-state index >= 15 is 0 Å². The van der Waals surface area contributed by atoms with Gasteiger partial charge in [-0.1, -0.05) is 133 Å². The predicted molar refractivity (Wildman–Crippen MR) is 165 cm³/mol. The zero-order chi connectivity index (χ0) is 40.6. The van der Waals surface area contributed by atoms with Gasteiger partial charge in [0.25, 0.3) is 0 Å². The van der Waals surface area contributed by atoms with Crippen LogP contribution < -0.4 is 0 Å². The maximum Gasteiger partial charge on any atom is 0.143 e. The standard InChI is InChI=1S/C38H24O/c1-2-12-25(13-3-1)26-14-10-15-27(24-26)36-29-17-4-6-19-31(29)37(32-20-7-5-18-30(32)36)34-22-11-21-33-28-16-8-9-23-35(28)39-38(33)34/h1-24H/i1D,2D,3D,4D,5D,6D,7D,8D,9D,10D,11D,14D,16D,21D,22D,23D,24D. The molecule has 39 heavy (non-hydrogen) atoms. The summed E-state index contributed by atoms with van der Waals surface area (Å²) < 4.78 is 153. The second-order valence-corrected chi connectivity index (χ2v) is 8.80. The number of para-hydroxylation sites is 2. The molecule has 1 heterocycles. The van der Waals surface area contributed by atoms with E-state index in [9.17, 15) is 2.74 Å². The van der Waals surface area contributed by atoms with Gasteiger partial charge in [-0.05, 0) is 55.9 Å². The van der Waals surface area contributed by atoms with Gasteiger partial charge in [-0.3, -0.25) is 0 Å². The van der Waals surface area contributed by atoms with Crippen molar-refractivity contribution in [2.24, 2.45) is 0 Å². The SMILES string of the molecule is [2H]c1cc2c(-c3cc([2H])c([2H])c(-c4cc([2H])c([2H])c([2H])c4)c3[2H])c3cc([2H])c([2H])cc3c(-c3c([2H])c([2H])c([2H])c4c3oc3c([2H])c([2H])c([2H])c([2H])c34)c2cc1[2H]. The fraction of sp³-hybridized carbons (Fsp3) is 0. The molecule has 1 nitrogen and oxygen atoms in total. The molecule has 8 rings (SSSR count). The van der Waals surface area contributed by atoms with Crippen molar-refractivity contribution in [3.05, 3.63) is 145 Å². The van der Waals surface area contributed by atoms with Crippen molar-refractivity contribution in [2.45, 2.75) is 0 Å². The van der Waals surface area contributed by atoms with Crippen molar-refractivity contribution in [3.63, 3.8) is 0 Å². The summed E-state index contributed by atoms with van der Waals surface area (Å²) in [6.07, 6.45) is 0. The second kappa shape index (κ2) is 8.72. The lowest BCUT2D eigenvalue weighted by Crippen LogP contribution is -1.91. The van der Waals surface area contributed by atoms with E-state index in [1.54, 1.807) is 0 Å². The summed E-state index contributed by atoms with van der Waals surface area (Å²) >= 11 is 0. The molecule has 0 amide bonds. The lowest BCUT2D eigenvalue weighted by molar-refractivity contribution is 0.670. The minimum atomic E-state index is -0.622. The molecule has 0 atom stereocenters. The molecule has 0 N–H and O–H groups in total. The van der Waals surface area contributed by atoms with Crippen molar-refractivity contribution >= 4 is 43.5 Å².